The van der Waals surface area contributed by atoms with E-state index >= 15 is 0 Å². The molecule has 0 fully saturated rings. The van der Waals surface area contributed by atoms with Gasteiger partial charge in [0.25, 0.3) is 5.91 Å². The molecule has 1 amide bonds. The summed E-state index contributed by atoms with van der Waals surface area (Å²) in [7, 11) is 0. The molecule has 4 aromatic rings. The minimum absolute atomic E-state index is 0.124. The van der Waals surface area contributed by atoms with Gasteiger partial charge in [-0.15, -0.1) is 0 Å². The van der Waals surface area contributed by atoms with E-state index in [1.807, 2.05) is 68.4 Å². The highest BCUT2D eigenvalue weighted by Gasteiger charge is 2.18. The highest BCUT2D eigenvalue weighted by molar-refractivity contribution is 5.94. The number of amides is 1. The topological polar surface area (TPSA) is 46.9 Å². The van der Waals surface area contributed by atoms with Crippen molar-refractivity contribution in [1.29, 1.82) is 0 Å². The van der Waals surface area contributed by atoms with Gasteiger partial charge in [-0.3, -0.25) is 4.79 Å². The number of hydrogen-bond donors (Lipinski definition) is 1. The van der Waals surface area contributed by atoms with Gasteiger partial charge in [-0.2, -0.15) is 5.10 Å². The highest BCUT2D eigenvalue weighted by atomic mass is 16.2. The summed E-state index contributed by atoms with van der Waals surface area (Å²) >= 11 is 0. The number of hydrogen-bond acceptors (Lipinski definition) is 2. The fourth-order valence-corrected chi connectivity index (χ4v) is 3.48. The van der Waals surface area contributed by atoms with Crippen LogP contribution in [0.4, 0.5) is 0 Å². The van der Waals surface area contributed by atoms with Crippen LogP contribution in [0, 0.1) is 13.8 Å². The van der Waals surface area contributed by atoms with Gasteiger partial charge >= 0.3 is 0 Å². The average molecular weight is 396 g/mol. The lowest BCUT2D eigenvalue weighted by Gasteiger charge is -2.11. The monoisotopic (exact) mass is 395 g/mol. The van der Waals surface area contributed by atoms with Crippen molar-refractivity contribution in [3.63, 3.8) is 0 Å². The van der Waals surface area contributed by atoms with Gasteiger partial charge in [0.05, 0.1) is 11.4 Å². The molecule has 0 radical (unpaired) electrons. The Morgan fingerprint density at radius 3 is 2.33 bits per heavy atom. The van der Waals surface area contributed by atoms with Crippen LogP contribution in [0.15, 0.2) is 84.9 Å². The Balaban J connectivity index is 1.65. The van der Waals surface area contributed by atoms with Gasteiger partial charge in [0.15, 0.2) is 0 Å². The summed E-state index contributed by atoms with van der Waals surface area (Å²) in [5, 5.41) is 7.85. The first-order valence-electron chi connectivity index (χ1n) is 10.2. The number of benzene rings is 3. The van der Waals surface area contributed by atoms with Gasteiger partial charge < -0.3 is 5.32 Å². The molecule has 0 saturated heterocycles. The Labute approximate surface area is 177 Å². The van der Waals surface area contributed by atoms with E-state index in [1.54, 1.807) is 4.68 Å². The van der Waals surface area contributed by atoms with Crippen LogP contribution < -0.4 is 5.32 Å². The standard InChI is InChI=1S/C26H25N3O/c1-19-13-14-20(2)24(17-19)29-25(18-23(28-29)22-11-7-4-8-12-22)26(30)27-16-15-21-9-5-3-6-10-21/h3-14,17-18H,15-16H2,1-2H3,(H,27,30). The van der Waals surface area contributed by atoms with Crippen LogP contribution in [0.2, 0.25) is 0 Å². The van der Waals surface area contributed by atoms with Gasteiger partial charge in [-0.25, -0.2) is 4.68 Å². The fraction of sp³-hybridized carbons (Fsp3) is 0.154. The number of carbonyl (C=O) groups excluding carboxylic acids is 1. The number of nitrogens with zero attached hydrogens (tertiary/aromatic N) is 2. The van der Waals surface area contributed by atoms with Crippen LogP contribution in [0.5, 0.6) is 0 Å². The first-order valence-corrected chi connectivity index (χ1v) is 10.2. The molecule has 4 heteroatoms. The minimum Gasteiger partial charge on any atom is -0.350 e. The molecule has 0 atom stereocenters. The van der Waals surface area contributed by atoms with Crippen LogP contribution >= 0.6 is 0 Å². The Kier molecular flexibility index (Phi) is 5.75. The van der Waals surface area contributed by atoms with Crippen molar-refractivity contribution < 1.29 is 4.79 Å². The highest BCUT2D eigenvalue weighted by Crippen LogP contribution is 2.24. The first-order chi connectivity index (χ1) is 14.6. The summed E-state index contributed by atoms with van der Waals surface area (Å²) < 4.78 is 1.77. The minimum atomic E-state index is -0.124. The smallest absolute Gasteiger partial charge is 0.270 e. The van der Waals surface area contributed by atoms with Crippen molar-refractivity contribution in [2.24, 2.45) is 0 Å². The summed E-state index contributed by atoms with van der Waals surface area (Å²) in [4.78, 5) is 13.1. The molecule has 4 rings (SSSR count). The number of aromatic nitrogens is 2. The molecular formula is C26H25N3O. The van der Waals surface area contributed by atoms with E-state index in [4.69, 9.17) is 5.10 Å². The van der Waals surface area contributed by atoms with Crippen LogP contribution in [-0.2, 0) is 6.42 Å². The SMILES string of the molecule is Cc1ccc(C)c(-n2nc(-c3ccccc3)cc2C(=O)NCCc2ccccc2)c1. The van der Waals surface area contributed by atoms with E-state index in [9.17, 15) is 4.79 Å². The Bertz CT molecular complexity index is 1150. The van der Waals surface area contributed by atoms with Crippen LogP contribution in [0.3, 0.4) is 0 Å². The molecule has 1 aromatic heterocycles. The second kappa shape index (κ2) is 8.78. The lowest BCUT2D eigenvalue weighted by atomic mass is 10.1. The quantitative estimate of drug-likeness (QED) is 0.492. The average Bonchev–Trinajstić information content (AvgIpc) is 3.22. The summed E-state index contributed by atoms with van der Waals surface area (Å²) in [5.41, 5.74) is 6.63. The second-order valence-corrected chi connectivity index (χ2v) is 7.47. The molecule has 0 saturated carbocycles. The van der Waals surface area contributed by atoms with Crippen molar-refractivity contribution in [3.8, 4) is 16.9 Å². The van der Waals surface area contributed by atoms with Crippen molar-refractivity contribution in [1.82, 2.24) is 15.1 Å². The van der Waals surface area contributed by atoms with Gasteiger partial charge in [-0.1, -0.05) is 72.8 Å². The van der Waals surface area contributed by atoms with Gasteiger partial charge in [0.2, 0.25) is 0 Å². The molecular weight excluding hydrogens is 370 g/mol. The first kappa shape index (κ1) is 19.6. The van der Waals surface area contributed by atoms with Crippen LogP contribution in [0.25, 0.3) is 16.9 Å². The normalized spacial score (nSPS) is 10.7. The van der Waals surface area contributed by atoms with E-state index in [0.29, 0.717) is 12.2 Å². The lowest BCUT2D eigenvalue weighted by Crippen LogP contribution is -2.28. The maximum Gasteiger partial charge on any atom is 0.270 e. The molecule has 3 aromatic carbocycles. The van der Waals surface area contributed by atoms with Crippen LogP contribution in [0.1, 0.15) is 27.2 Å². The molecule has 4 nitrogen and oxygen atoms in total. The summed E-state index contributed by atoms with van der Waals surface area (Å²) in [6, 6.07) is 28.2. The molecule has 150 valence electrons. The maximum atomic E-state index is 13.1. The largest absolute Gasteiger partial charge is 0.350 e. The maximum absolute atomic E-state index is 13.1. The fourth-order valence-electron chi connectivity index (χ4n) is 3.48. The predicted octanol–water partition coefficient (Wildman–Crippen LogP) is 5.13. The van der Waals surface area contributed by atoms with Gasteiger partial charge in [0, 0.05) is 12.1 Å². The molecule has 0 bridgehead atoms. The third kappa shape index (κ3) is 4.33. The molecule has 0 aliphatic carbocycles. The molecule has 0 aliphatic rings. The van der Waals surface area contributed by atoms with E-state index in [0.717, 1.165) is 34.5 Å². The molecule has 1 N–H and O–H groups in total. The number of rotatable bonds is 6. The van der Waals surface area contributed by atoms with Gasteiger partial charge in [0.1, 0.15) is 5.69 Å². The number of nitrogens with one attached hydrogen (secondary N) is 1. The Morgan fingerprint density at radius 1 is 0.900 bits per heavy atom. The summed E-state index contributed by atoms with van der Waals surface area (Å²) in [6.07, 6.45) is 0.787. The Hall–Kier alpha value is -3.66. The zero-order valence-electron chi connectivity index (χ0n) is 17.3. The molecule has 1 heterocycles. The van der Waals surface area contributed by atoms with Gasteiger partial charge in [-0.05, 0) is 49.1 Å². The third-order valence-electron chi connectivity index (χ3n) is 5.15. The second-order valence-electron chi connectivity index (χ2n) is 7.47. The summed E-state index contributed by atoms with van der Waals surface area (Å²) in [5.74, 6) is -0.124. The van der Waals surface area contributed by atoms with Crippen molar-refractivity contribution >= 4 is 5.91 Å². The van der Waals surface area contributed by atoms with E-state index < -0.39 is 0 Å². The van der Waals surface area contributed by atoms with Crippen molar-refractivity contribution in [2.75, 3.05) is 6.54 Å². The third-order valence-corrected chi connectivity index (χ3v) is 5.15. The zero-order chi connectivity index (χ0) is 20.9. The van der Waals surface area contributed by atoms with Crippen LogP contribution in [-0.4, -0.2) is 22.2 Å². The van der Waals surface area contributed by atoms with Crippen molar-refractivity contribution in [2.45, 2.75) is 20.3 Å². The molecule has 0 spiro atoms. The number of carbonyl (C=O) groups is 1. The Morgan fingerprint density at radius 2 is 1.60 bits per heavy atom. The molecule has 30 heavy (non-hydrogen) atoms. The lowest BCUT2D eigenvalue weighted by molar-refractivity contribution is 0.0946. The van der Waals surface area contributed by atoms with E-state index in [1.165, 1.54) is 5.56 Å². The predicted molar refractivity (Wildman–Crippen MR) is 121 cm³/mol. The molecule has 0 unspecified atom stereocenters. The summed E-state index contributed by atoms with van der Waals surface area (Å²) in [6.45, 7) is 4.65. The van der Waals surface area contributed by atoms with E-state index in [-0.39, 0.29) is 5.91 Å². The van der Waals surface area contributed by atoms with Crippen molar-refractivity contribution in [3.05, 3.63) is 107 Å². The number of aryl methyl sites for hydroxylation is 2. The molecule has 0 aliphatic heterocycles. The zero-order valence-corrected chi connectivity index (χ0v) is 17.3. The van der Waals surface area contributed by atoms with E-state index in [2.05, 4.69) is 35.6 Å².